The van der Waals surface area contributed by atoms with E-state index in [-0.39, 0.29) is 17.3 Å². The van der Waals surface area contributed by atoms with E-state index in [0.717, 1.165) is 42.7 Å². The summed E-state index contributed by atoms with van der Waals surface area (Å²) in [5, 5.41) is 7.38. The lowest BCUT2D eigenvalue weighted by Gasteiger charge is -2.57. The van der Waals surface area contributed by atoms with Gasteiger partial charge < -0.3 is 10.1 Å². The number of carbonyl (C=O) groups excluding carboxylic acids is 2. The van der Waals surface area contributed by atoms with Gasteiger partial charge in [0.2, 0.25) is 0 Å². The number of ether oxygens (including phenoxy) is 1. The van der Waals surface area contributed by atoms with Crippen LogP contribution in [-0.4, -0.2) is 43.1 Å². The molecule has 4 fully saturated rings. The average molecular weight is 383 g/mol. The van der Waals surface area contributed by atoms with E-state index in [0.29, 0.717) is 5.78 Å². The molecule has 6 rings (SSSR count). The fourth-order valence-corrected chi connectivity index (χ4v) is 5.89. The minimum Gasteiger partial charge on any atom is -0.447 e. The highest BCUT2D eigenvalue weighted by Gasteiger charge is 2.51. The van der Waals surface area contributed by atoms with Gasteiger partial charge in [-0.2, -0.15) is 4.98 Å². The van der Waals surface area contributed by atoms with Crippen LogP contribution < -0.4 is 5.32 Å². The van der Waals surface area contributed by atoms with E-state index in [1.165, 1.54) is 23.8 Å². The molecule has 28 heavy (non-hydrogen) atoms. The van der Waals surface area contributed by atoms with Gasteiger partial charge in [-0.3, -0.25) is 4.79 Å². The van der Waals surface area contributed by atoms with E-state index in [2.05, 4.69) is 20.4 Å². The van der Waals surface area contributed by atoms with Gasteiger partial charge in [-0.1, -0.05) is 0 Å². The highest BCUT2D eigenvalue weighted by molar-refractivity contribution is 5.89. The van der Waals surface area contributed by atoms with Crippen LogP contribution in [0.1, 0.15) is 61.8 Å². The summed E-state index contributed by atoms with van der Waals surface area (Å²) in [7, 11) is 0. The van der Waals surface area contributed by atoms with Crippen molar-refractivity contribution < 1.29 is 14.3 Å². The Labute approximate surface area is 163 Å². The standard InChI is InChI=1S/C20H25N5O3/c1-11-3-4-21-19-22-16(24-25(11)19)18(27)28-12(2)17(26)23-20-8-13-5-14(9-20)7-15(6-13)10-20/h3-4,12-15H,5-10H2,1-2H3,(H,23,26)/t12-,13?,14?,15?,20?/m1/s1. The number of amides is 1. The van der Waals surface area contributed by atoms with Crippen molar-refractivity contribution in [2.45, 2.75) is 64.0 Å². The third-order valence-corrected chi connectivity index (χ3v) is 6.69. The fraction of sp³-hybridized carbons (Fsp3) is 0.650. The first-order valence-electron chi connectivity index (χ1n) is 10.1. The summed E-state index contributed by atoms with van der Waals surface area (Å²) >= 11 is 0. The van der Waals surface area contributed by atoms with Crippen molar-refractivity contribution in [1.82, 2.24) is 24.9 Å². The van der Waals surface area contributed by atoms with Gasteiger partial charge >= 0.3 is 5.97 Å². The Balaban J connectivity index is 1.26. The molecular weight excluding hydrogens is 358 g/mol. The smallest absolute Gasteiger partial charge is 0.379 e. The first-order valence-corrected chi connectivity index (χ1v) is 10.1. The number of fused-ring (bicyclic) bond motifs is 1. The van der Waals surface area contributed by atoms with Crippen molar-refractivity contribution in [3.63, 3.8) is 0 Å². The van der Waals surface area contributed by atoms with Crippen LogP contribution >= 0.6 is 0 Å². The van der Waals surface area contributed by atoms with Crippen molar-refractivity contribution in [2.24, 2.45) is 17.8 Å². The molecule has 0 aliphatic heterocycles. The molecule has 4 saturated carbocycles. The Morgan fingerprint density at radius 1 is 1.21 bits per heavy atom. The maximum Gasteiger partial charge on any atom is 0.379 e. The zero-order valence-electron chi connectivity index (χ0n) is 16.2. The molecule has 4 bridgehead atoms. The molecule has 0 spiro atoms. The van der Waals surface area contributed by atoms with E-state index in [4.69, 9.17) is 4.74 Å². The lowest BCUT2D eigenvalue weighted by molar-refractivity contribution is -0.134. The maximum absolute atomic E-state index is 12.8. The van der Waals surface area contributed by atoms with Gasteiger partial charge in [-0.05, 0) is 76.2 Å². The van der Waals surface area contributed by atoms with Crippen molar-refractivity contribution in [3.05, 3.63) is 23.8 Å². The monoisotopic (exact) mass is 383 g/mol. The van der Waals surface area contributed by atoms with Crippen molar-refractivity contribution in [1.29, 1.82) is 0 Å². The molecule has 148 valence electrons. The summed E-state index contributed by atoms with van der Waals surface area (Å²) in [6.45, 7) is 3.45. The predicted molar refractivity (Wildman–Crippen MR) is 99.4 cm³/mol. The van der Waals surface area contributed by atoms with Gasteiger partial charge in [-0.25, -0.2) is 14.3 Å². The van der Waals surface area contributed by atoms with E-state index < -0.39 is 12.1 Å². The Morgan fingerprint density at radius 3 is 2.46 bits per heavy atom. The van der Waals surface area contributed by atoms with E-state index >= 15 is 0 Å². The van der Waals surface area contributed by atoms with Crippen LogP contribution in [0.3, 0.4) is 0 Å². The first kappa shape index (κ1) is 17.6. The van der Waals surface area contributed by atoms with Crippen LogP contribution in [0.2, 0.25) is 0 Å². The summed E-state index contributed by atoms with van der Waals surface area (Å²) in [6.07, 6.45) is 7.84. The third-order valence-electron chi connectivity index (χ3n) is 6.69. The zero-order chi connectivity index (χ0) is 19.5. The molecule has 1 N–H and O–H groups in total. The molecule has 8 heteroatoms. The number of esters is 1. The molecule has 1 atom stereocenters. The number of aryl methyl sites for hydroxylation is 1. The van der Waals surface area contributed by atoms with Crippen molar-refractivity contribution in [3.8, 4) is 0 Å². The van der Waals surface area contributed by atoms with Crippen LogP contribution in [0.15, 0.2) is 12.3 Å². The largest absolute Gasteiger partial charge is 0.447 e. The Kier molecular flexibility index (Phi) is 3.93. The van der Waals surface area contributed by atoms with Crippen LogP contribution in [0.25, 0.3) is 5.78 Å². The second-order valence-electron chi connectivity index (χ2n) is 8.97. The van der Waals surface area contributed by atoms with Gasteiger partial charge in [0, 0.05) is 17.4 Å². The normalized spacial score (nSPS) is 31.7. The molecule has 0 saturated heterocycles. The third kappa shape index (κ3) is 2.95. The summed E-state index contributed by atoms with van der Waals surface area (Å²) in [5.74, 6) is 1.52. The van der Waals surface area contributed by atoms with Gasteiger partial charge in [0.15, 0.2) is 6.10 Å². The number of nitrogens with zero attached hydrogens (tertiary/aromatic N) is 4. The maximum atomic E-state index is 12.8. The molecule has 0 aromatic carbocycles. The second-order valence-corrected chi connectivity index (χ2v) is 8.97. The molecule has 4 aliphatic rings. The zero-order valence-corrected chi connectivity index (χ0v) is 16.2. The van der Waals surface area contributed by atoms with Crippen LogP contribution in [-0.2, 0) is 9.53 Å². The molecule has 2 heterocycles. The van der Waals surface area contributed by atoms with Gasteiger partial charge in [0.1, 0.15) is 0 Å². The highest BCUT2D eigenvalue weighted by Crippen LogP contribution is 2.55. The average Bonchev–Trinajstić information content (AvgIpc) is 3.06. The van der Waals surface area contributed by atoms with E-state index in [1.54, 1.807) is 19.2 Å². The molecule has 0 unspecified atom stereocenters. The molecule has 1 amide bonds. The Morgan fingerprint density at radius 2 is 1.86 bits per heavy atom. The summed E-state index contributed by atoms with van der Waals surface area (Å²) in [6, 6.07) is 1.78. The summed E-state index contributed by atoms with van der Waals surface area (Å²) < 4.78 is 6.85. The number of carbonyl (C=O) groups is 2. The molecule has 4 aliphatic carbocycles. The van der Waals surface area contributed by atoms with Crippen molar-refractivity contribution >= 4 is 17.7 Å². The van der Waals surface area contributed by atoms with Gasteiger partial charge in [0.05, 0.1) is 0 Å². The SMILES string of the molecule is Cc1ccnc2nc(C(=O)O[C@H](C)C(=O)NC34CC5CC(CC(C5)C3)C4)nn12. The molecule has 2 aromatic heterocycles. The van der Waals surface area contributed by atoms with Crippen LogP contribution in [0.4, 0.5) is 0 Å². The topological polar surface area (TPSA) is 98.5 Å². The second kappa shape index (κ2) is 6.25. The first-order chi connectivity index (χ1) is 13.4. The fourth-order valence-electron chi connectivity index (χ4n) is 5.89. The molecular formula is C20H25N5O3. The van der Waals surface area contributed by atoms with Gasteiger partial charge in [0.25, 0.3) is 17.5 Å². The van der Waals surface area contributed by atoms with Gasteiger partial charge in [-0.15, -0.1) is 5.10 Å². The predicted octanol–water partition coefficient (Wildman–Crippen LogP) is 2.06. The van der Waals surface area contributed by atoms with E-state index in [9.17, 15) is 9.59 Å². The Bertz CT molecular complexity index is 917. The van der Waals surface area contributed by atoms with Crippen LogP contribution in [0.5, 0.6) is 0 Å². The molecule has 0 radical (unpaired) electrons. The Hall–Kier alpha value is -2.51. The lowest BCUT2D eigenvalue weighted by Crippen LogP contribution is -2.61. The number of nitrogens with one attached hydrogen (secondary N) is 1. The minimum atomic E-state index is -0.888. The number of hydrogen-bond donors (Lipinski definition) is 1. The summed E-state index contributed by atoms with van der Waals surface area (Å²) in [4.78, 5) is 33.4. The van der Waals surface area contributed by atoms with Crippen molar-refractivity contribution in [2.75, 3.05) is 0 Å². The van der Waals surface area contributed by atoms with E-state index in [1.807, 2.05) is 6.92 Å². The highest BCUT2D eigenvalue weighted by atomic mass is 16.5. The summed E-state index contributed by atoms with van der Waals surface area (Å²) in [5.41, 5.74) is 0.707. The quantitative estimate of drug-likeness (QED) is 0.812. The lowest BCUT2D eigenvalue weighted by atomic mass is 9.53. The minimum absolute atomic E-state index is 0.0868. The molecule has 8 nitrogen and oxygen atoms in total. The number of hydrogen-bond acceptors (Lipinski definition) is 6. The number of aromatic nitrogens is 4. The molecule has 2 aromatic rings. The van der Waals surface area contributed by atoms with Crippen LogP contribution in [0, 0.1) is 24.7 Å². The number of rotatable bonds is 4.